The number of methoxy groups -OCH3 is 1. The van der Waals surface area contributed by atoms with E-state index in [-0.39, 0.29) is 0 Å². The predicted octanol–water partition coefficient (Wildman–Crippen LogP) is 1.56. The number of hydrogen-bond donors (Lipinski definition) is 1. The van der Waals surface area contributed by atoms with Gasteiger partial charge in [-0.15, -0.1) is 11.8 Å². The van der Waals surface area contributed by atoms with Gasteiger partial charge in [-0.05, 0) is 18.2 Å². The van der Waals surface area contributed by atoms with E-state index in [2.05, 4.69) is 5.32 Å². The standard InChI is InChI=1S/C11H11NO3S/c1-15-4-5-16-7-2-3-8-9(6-7)12-11(14)10(8)13/h2-3,6H,4-5H2,1H3,(H,12,13,14). The number of ether oxygens (including phenoxy) is 1. The molecule has 1 aromatic carbocycles. The third kappa shape index (κ3) is 2.10. The molecule has 0 aliphatic carbocycles. The van der Waals surface area contributed by atoms with Gasteiger partial charge in [0.25, 0.3) is 11.7 Å². The van der Waals surface area contributed by atoms with Gasteiger partial charge in [0.2, 0.25) is 0 Å². The lowest BCUT2D eigenvalue weighted by atomic mass is 10.1. The quantitative estimate of drug-likeness (QED) is 0.490. The van der Waals surface area contributed by atoms with Crippen LogP contribution in [0.1, 0.15) is 10.4 Å². The molecule has 0 spiro atoms. The third-order valence-corrected chi connectivity index (χ3v) is 3.20. The zero-order valence-electron chi connectivity index (χ0n) is 8.78. The maximum Gasteiger partial charge on any atom is 0.296 e. The summed E-state index contributed by atoms with van der Waals surface area (Å²) >= 11 is 1.63. The highest BCUT2D eigenvalue weighted by Gasteiger charge is 2.27. The van der Waals surface area contributed by atoms with Crippen molar-refractivity contribution in [1.29, 1.82) is 0 Å². The highest BCUT2D eigenvalue weighted by atomic mass is 32.2. The smallest absolute Gasteiger partial charge is 0.296 e. The number of fused-ring (bicyclic) bond motifs is 1. The van der Waals surface area contributed by atoms with Crippen LogP contribution in [0.25, 0.3) is 0 Å². The Morgan fingerprint density at radius 3 is 2.94 bits per heavy atom. The van der Waals surface area contributed by atoms with Crippen molar-refractivity contribution in [2.75, 3.05) is 24.8 Å². The number of amides is 1. The molecule has 0 aromatic heterocycles. The van der Waals surface area contributed by atoms with E-state index in [9.17, 15) is 9.59 Å². The highest BCUT2D eigenvalue weighted by molar-refractivity contribution is 7.99. The first-order chi connectivity index (χ1) is 7.72. The molecule has 1 aromatic rings. The molecule has 1 aliphatic heterocycles. The number of thioether (sulfide) groups is 1. The van der Waals surface area contributed by atoms with Crippen LogP contribution >= 0.6 is 11.8 Å². The minimum atomic E-state index is -0.547. The van der Waals surface area contributed by atoms with E-state index in [1.54, 1.807) is 24.9 Å². The minimum Gasteiger partial charge on any atom is -0.384 e. The molecule has 0 atom stereocenters. The fourth-order valence-electron chi connectivity index (χ4n) is 1.46. The minimum absolute atomic E-state index is 0.455. The lowest BCUT2D eigenvalue weighted by Gasteiger charge is -2.03. The van der Waals surface area contributed by atoms with Gasteiger partial charge in [0.15, 0.2) is 0 Å². The Morgan fingerprint density at radius 2 is 2.19 bits per heavy atom. The Bertz CT molecular complexity index is 445. The average molecular weight is 237 g/mol. The number of anilines is 1. The Kier molecular flexibility index (Phi) is 3.26. The highest BCUT2D eigenvalue weighted by Crippen LogP contribution is 2.28. The van der Waals surface area contributed by atoms with Gasteiger partial charge >= 0.3 is 0 Å². The van der Waals surface area contributed by atoms with Gasteiger partial charge in [-0.25, -0.2) is 0 Å². The Labute approximate surface area is 97.4 Å². The number of carbonyl (C=O) groups excluding carboxylic acids is 2. The van der Waals surface area contributed by atoms with Crippen molar-refractivity contribution in [3.05, 3.63) is 23.8 Å². The van der Waals surface area contributed by atoms with Crippen LogP contribution in [0.4, 0.5) is 5.69 Å². The molecule has 0 unspecified atom stereocenters. The topological polar surface area (TPSA) is 55.4 Å². The molecule has 1 N–H and O–H groups in total. The summed E-state index contributed by atoms with van der Waals surface area (Å²) in [5.41, 5.74) is 1.07. The van der Waals surface area contributed by atoms with Crippen LogP contribution < -0.4 is 5.32 Å². The molecule has 2 rings (SSSR count). The number of nitrogens with one attached hydrogen (secondary N) is 1. The largest absolute Gasteiger partial charge is 0.384 e. The number of ketones is 1. The van der Waals surface area contributed by atoms with Crippen molar-refractivity contribution in [3.8, 4) is 0 Å². The summed E-state index contributed by atoms with van der Waals surface area (Å²) in [6.07, 6.45) is 0. The summed E-state index contributed by atoms with van der Waals surface area (Å²) in [4.78, 5) is 23.5. The molecular weight excluding hydrogens is 226 g/mol. The van der Waals surface area contributed by atoms with Crippen molar-refractivity contribution in [1.82, 2.24) is 0 Å². The maximum absolute atomic E-state index is 11.3. The summed E-state index contributed by atoms with van der Waals surface area (Å²) in [6.45, 7) is 0.674. The van der Waals surface area contributed by atoms with Crippen LogP contribution in [-0.4, -0.2) is 31.2 Å². The van der Waals surface area contributed by atoms with Gasteiger partial charge in [0.1, 0.15) is 0 Å². The number of hydrogen-bond acceptors (Lipinski definition) is 4. The first-order valence-corrected chi connectivity index (χ1v) is 5.82. The zero-order valence-corrected chi connectivity index (χ0v) is 9.60. The lowest BCUT2D eigenvalue weighted by molar-refractivity contribution is -0.112. The Balaban J connectivity index is 2.12. The van der Waals surface area contributed by atoms with Crippen LogP contribution in [0.15, 0.2) is 23.1 Å². The van der Waals surface area contributed by atoms with Crippen molar-refractivity contribution in [2.45, 2.75) is 4.90 Å². The van der Waals surface area contributed by atoms with E-state index in [0.29, 0.717) is 17.9 Å². The molecule has 1 aliphatic rings. The molecule has 0 saturated heterocycles. The van der Waals surface area contributed by atoms with Gasteiger partial charge in [0.05, 0.1) is 17.9 Å². The predicted molar refractivity (Wildman–Crippen MR) is 62.0 cm³/mol. The molecule has 84 valence electrons. The normalized spacial score (nSPS) is 13.8. The molecule has 0 radical (unpaired) electrons. The van der Waals surface area contributed by atoms with Gasteiger partial charge in [-0.2, -0.15) is 0 Å². The van der Waals surface area contributed by atoms with Crippen LogP contribution in [0.2, 0.25) is 0 Å². The lowest BCUT2D eigenvalue weighted by Crippen LogP contribution is -2.12. The van der Waals surface area contributed by atoms with Crippen molar-refractivity contribution in [2.24, 2.45) is 0 Å². The third-order valence-electron chi connectivity index (χ3n) is 2.25. The van der Waals surface area contributed by atoms with E-state index in [4.69, 9.17) is 4.74 Å². The fourth-order valence-corrected chi connectivity index (χ4v) is 2.31. The van der Waals surface area contributed by atoms with Crippen molar-refractivity contribution in [3.63, 3.8) is 0 Å². The van der Waals surface area contributed by atoms with Gasteiger partial charge in [-0.1, -0.05) is 0 Å². The first kappa shape index (κ1) is 11.2. The first-order valence-electron chi connectivity index (χ1n) is 4.84. The summed E-state index contributed by atoms with van der Waals surface area (Å²) < 4.78 is 4.95. The summed E-state index contributed by atoms with van der Waals surface area (Å²) in [6, 6.07) is 5.35. The second-order valence-electron chi connectivity index (χ2n) is 3.33. The molecule has 0 fully saturated rings. The molecule has 5 heteroatoms. The molecule has 1 heterocycles. The molecule has 4 nitrogen and oxygen atoms in total. The zero-order chi connectivity index (χ0) is 11.5. The van der Waals surface area contributed by atoms with Crippen LogP contribution in [0.5, 0.6) is 0 Å². The molecule has 1 amide bonds. The van der Waals surface area contributed by atoms with Gasteiger partial charge < -0.3 is 10.1 Å². The SMILES string of the molecule is COCCSc1ccc2c(c1)NC(=O)C2=O. The maximum atomic E-state index is 11.3. The van der Waals surface area contributed by atoms with E-state index in [1.165, 1.54) is 0 Å². The molecule has 0 saturated carbocycles. The second kappa shape index (κ2) is 4.67. The second-order valence-corrected chi connectivity index (χ2v) is 4.50. The summed E-state index contributed by atoms with van der Waals surface area (Å²) in [7, 11) is 1.65. The van der Waals surface area contributed by atoms with E-state index >= 15 is 0 Å². The molecule has 16 heavy (non-hydrogen) atoms. The van der Waals surface area contributed by atoms with Crippen LogP contribution in [-0.2, 0) is 9.53 Å². The Morgan fingerprint density at radius 1 is 1.38 bits per heavy atom. The fraction of sp³-hybridized carbons (Fsp3) is 0.273. The number of rotatable bonds is 4. The van der Waals surface area contributed by atoms with Crippen molar-refractivity contribution < 1.29 is 14.3 Å². The van der Waals surface area contributed by atoms with Gasteiger partial charge in [0, 0.05) is 17.8 Å². The van der Waals surface area contributed by atoms with Gasteiger partial charge in [-0.3, -0.25) is 9.59 Å². The molecule has 0 bridgehead atoms. The number of benzene rings is 1. The number of Topliss-reactive ketones (excluding diaryl/α,β-unsaturated/α-hetero) is 1. The van der Waals surface area contributed by atoms with Crippen LogP contribution in [0, 0.1) is 0 Å². The van der Waals surface area contributed by atoms with E-state index in [0.717, 1.165) is 10.6 Å². The number of carbonyl (C=O) groups is 2. The van der Waals surface area contributed by atoms with E-state index in [1.807, 2.05) is 12.1 Å². The summed E-state index contributed by atoms with van der Waals surface area (Å²) in [5.74, 6) is -0.158. The summed E-state index contributed by atoms with van der Waals surface area (Å²) in [5, 5.41) is 2.54. The van der Waals surface area contributed by atoms with Crippen LogP contribution in [0.3, 0.4) is 0 Å². The Hall–Kier alpha value is -1.33. The van der Waals surface area contributed by atoms with E-state index < -0.39 is 11.7 Å². The average Bonchev–Trinajstić information content (AvgIpc) is 2.55. The molecular formula is C11H11NO3S. The monoisotopic (exact) mass is 237 g/mol. The van der Waals surface area contributed by atoms with Crippen molar-refractivity contribution >= 4 is 29.1 Å².